The molecule has 0 aromatic heterocycles. The first-order valence-electron chi connectivity index (χ1n) is 6.33. The number of hydrogen-bond donors (Lipinski definition) is 1. The molecule has 6 heteroatoms. The molecule has 0 heterocycles. The highest BCUT2D eigenvalue weighted by molar-refractivity contribution is 7.90. The molecule has 1 aromatic carbocycles. The van der Waals surface area contributed by atoms with Gasteiger partial charge in [0.2, 0.25) is 5.91 Å². The van der Waals surface area contributed by atoms with Gasteiger partial charge in [0, 0.05) is 12.2 Å². The lowest BCUT2D eigenvalue weighted by Crippen LogP contribution is -2.23. The van der Waals surface area contributed by atoms with E-state index in [1.54, 1.807) is 0 Å². The van der Waals surface area contributed by atoms with E-state index in [1.165, 1.54) is 18.2 Å². The zero-order valence-electron chi connectivity index (χ0n) is 11.1. The average molecular weight is 314 g/mol. The maximum Gasteiger partial charge on any atom is 0.227 e. The second-order valence-electron chi connectivity index (χ2n) is 4.88. The molecular weight excluding hydrogens is 298 g/mol. The zero-order valence-corrected chi connectivity index (χ0v) is 12.7. The molecule has 1 amide bonds. The van der Waals surface area contributed by atoms with Crippen molar-refractivity contribution in [3.05, 3.63) is 35.4 Å². The summed E-state index contributed by atoms with van der Waals surface area (Å²) in [6, 6.07) is 4.30. The van der Waals surface area contributed by atoms with Crippen molar-refractivity contribution in [3.8, 4) is 0 Å². The van der Waals surface area contributed by atoms with Crippen LogP contribution in [0.15, 0.2) is 35.2 Å². The molecule has 4 nitrogen and oxygen atoms in total. The molecule has 2 rings (SSSR count). The van der Waals surface area contributed by atoms with Crippen molar-refractivity contribution in [2.24, 2.45) is 5.92 Å². The Labute approximate surface area is 123 Å². The number of sulfone groups is 1. The lowest BCUT2D eigenvalue weighted by molar-refractivity contribution is -0.120. The number of nitrogens with one attached hydrogen (secondary N) is 1. The van der Waals surface area contributed by atoms with E-state index in [4.69, 9.17) is 11.6 Å². The van der Waals surface area contributed by atoms with Crippen LogP contribution in [0.1, 0.15) is 19.3 Å². The van der Waals surface area contributed by atoms with Crippen LogP contribution < -0.4 is 5.32 Å². The van der Waals surface area contributed by atoms with Gasteiger partial charge in [-0.25, -0.2) is 8.42 Å². The Hall–Kier alpha value is -1.33. The summed E-state index contributed by atoms with van der Waals surface area (Å²) in [6.45, 7) is 0. The van der Waals surface area contributed by atoms with E-state index in [1.807, 2.05) is 6.08 Å². The van der Waals surface area contributed by atoms with Crippen LogP contribution in [0.4, 0.5) is 5.69 Å². The minimum Gasteiger partial charge on any atom is -0.324 e. The van der Waals surface area contributed by atoms with Gasteiger partial charge in [-0.05, 0) is 37.5 Å². The number of benzene rings is 1. The van der Waals surface area contributed by atoms with Crippen LogP contribution in [0, 0.1) is 5.92 Å². The van der Waals surface area contributed by atoms with Crippen molar-refractivity contribution < 1.29 is 13.2 Å². The van der Waals surface area contributed by atoms with E-state index in [9.17, 15) is 13.2 Å². The van der Waals surface area contributed by atoms with E-state index >= 15 is 0 Å². The fourth-order valence-corrected chi connectivity index (χ4v) is 2.91. The lowest BCUT2D eigenvalue weighted by Gasteiger charge is -2.18. The molecule has 0 radical (unpaired) electrons. The Kier molecular flexibility index (Phi) is 4.50. The minimum atomic E-state index is -3.32. The van der Waals surface area contributed by atoms with Gasteiger partial charge in [-0.3, -0.25) is 4.79 Å². The molecule has 1 N–H and O–H groups in total. The molecule has 0 saturated carbocycles. The number of anilines is 1. The Morgan fingerprint density at radius 2 is 2.10 bits per heavy atom. The van der Waals surface area contributed by atoms with Gasteiger partial charge >= 0.3 is 0 Å². The molecule has 0 aliphatic heterocycles. The van der Waals surface area contributed by atoms with Gasteiger partial charge in [0.15, 0.2) is 9.84 Å². The third-order valence-electron chi connectivity index (χ3n) is 3.26. The summed E-state index contributed by atoms with van der Waals surface area (Å²) in [5.74, 6) is -0.208. The van der Waals surface area contributed by atoms with Gasteiger partial charge in [0.05, 0.1) is 15.6 Å². The Bertz CT molecular complexity index is 652. The van der Waals surface area contributed by atoms with E-state index in [0.717, 1.165) is 19.1 Å². The number of hydrogen-bond acceptors (Lipinski definition) is 3. The molecule has 1 aliphatic carbocycles. The van der Waals surface area contributed by atoms with Crippen LogP contribution in [0.2, 0.25) is 5.02 Å². The Morgan fingerprint density at radius 1 is 1.35 bits per heavy atom. The van der Waals surface area contributed by atoms with Crippen molar-refractivity contribution in [1.29, 1.82) is 0 Å². The van der Waals surface area contributed by atoms with Gasteiger partial charge < -0.3 is 5.32 Å². The molecule has 0 spiro atoms. The molecule has 0 bridgehead atoms. The fraction of sp³-hybridized carbons (Fsp3) is 0.357. The lowest BCUT2D eigenvalue weighted by atomic mass is 9.93. The first kappa shape index (κ1) is 15.1. The van der Waals surface area contributed by atoms with Gasteiger partial charge in [-0.2, -0.15) is 0 Å². The summed E-state index contributed by atoms with van der Waals surface area (Å²) < 4.78 is 23.0. The normalized spacial score (nSPS) is 18.8. The third-order valence-corrected chi connectivity index (χ3v) is 4.70. The Balaban J connectivity index is 2.20. The van der Waals surface area contributed by atoms with Crippen molar-refractivity contribution in [3.63, 3.8) is 0 Å². The van der Waals surface area contributed by atoms with Crippen LogP contribution in [0.3, 0.4) is 0 Å². The summed E-state index contributed by atoms with van der Waals surface area (Å²) in [6.07, 6.45) is 7.55. The van der Waals surface area contributed by atoms with E-state index in [2.05, 4.69) is 11.4 Å². The fourth-order valence-electron chi connectivity index (χ4n) is 2.10. The summed E-state index contributed by atoms with van der Waals surface area (Å²) in [5.41, 5.74) is 0.342. The minimum absolute atomic E-state index is 0.0852. The molecule has 1 aromatic rings. The molecule has 0 fully saturated rings. The predicted octanol–water partition coefficient (Wildman–Crippen LogP) is 3.04. The molecule has 1 aliphatic rings. The smallest absolute Gasteiger partial charge is 0.227 e. The average Bonchev–Trinajstić information content (AvgIpc) is 2.41. The molecule has 0 unspecified atom stereocenters. The van der Waals surface area contributed by atoms with E-state index in [0.29, 0.717) is 17.1 Å². The second-order valence-corrected chi connectivity index (χ2v) is 7.31. The highest BCUT2D eigenvalue weighted by Gasteiger charge is 2.20. The predicted molar refractivity (Wildman–Crippen MR) is 79.7 cm³/mol. The van der Waals surface area contributed by atoms with Crippen LogP contribution in [0.25, 0.3) is 0 Å². The highest BCUT2D eigenvalue weighted by atomic mass is 35.5. The van der Waals surface area contributed by atoms with Crippen LogP contribution >= 0.6 is 11.6 Å². The first-order chi connectivity index (χ1) is 9.38. The SMILES string of the molecule is CS(=O)(=O)c1ccc(Cl)c(NC(=O)[C@@H]2CC=CCC2)c1. The Morgan fingerprint density at radius 3 is 2.70 bits per heavy atom. The van der Waals surface area contributed by atoms with Gasteiger partial charge in [-0.1, -0.05) is 23.8 Å². The topological polar surface area (TPSA) is 63.2 Å². The standard InChI is InChI=1S/C14H16ClNO3S/c1-20(18,19)11-7-8-12(15)13(9-11)16-14(17)10-5-3-2-4-6-10/h2-3,7-10H,4-6H2,1H3,(H,16,17)/t10-/m1/s1. The van der Waals surface area contributed by atoms with Crippen molar-refractivity contribution >= 4 is 33.0 Å². The summed E-state index contributed by atoms with van der Waals surface area (Å²) in [5, 5.41) is 3.05. The van der Waals surface area contributed by atoms with Gasteiger partial charge in [0.1, 0.15) is 0 Å². The van der Waals surface area contributed by atoms with Crippen molar-refractivity contribution in [2.75, 3.05) is 11.6 Å². The first-order valence-corrected chi connectivity index (χ1v) is 8.60. The highest BCUT2D eigenvalue weighted by Crippen LogP contribution is 2.27. The summed E-state index contributed by atoms with van der Waals surface area (Å²) in [4.78, 5) is 12.3. The number of allylic oxidation sites excluding steroid dienone is 2. The summed E-state index contributed by atoms with van der Waals surface area (Å²) >= 11 is 6.01. The third kappa shape index (κ3) is 3.61. The number of rotatable bonds is 3. The number of amides is 1. The van der Waals surface area contributed by atoms with Crippen molar-refractivity contribution in [1.82, 2.24) is 0 Å². The molecule has 108 valence electrons. The quantitative estimate of drug-likeness (QED) is 0.872. The van der Waals surface area contributed by atoms with Crippen molar-refractivity contribution in [2.45, 2.75) is 24.2 Å². The zero-order chi connectivity index (χ0) is 14.8. The molecule has 1 atom stereocenters. The monoisotopic (exact) mass is 313 g/mol. The van der Waals surface area contributed by atoms with Gasteiger partial charge in [-0.15, -0.1) is 0 Å². The number of halogens is 1. The maximum atomic E-state index is 12.1. The summed E-state index contributed by atoms with van der Waals surface area (Å²) in [7, 11) is -3.32. The van der Waals surface area contributed by atoms with E-state index < -0.39 is 9.84 Å². The number of carbonyl (C=O) groups is 1. The van der Waals surface area contributed by atoms with E-state index in [-0.39, 0.29) is 16.7 Å². The van der Waals surface area contributed by atoms with Crippen LogP contribution in [0.5, 0.6) is 0 Å². The van der Waals surface area contributed by atoms with Gasteiger partial charge in [0.25, 0.3) is 0 Å². The second kappa shape index (κ2) is 5.97. The van der Waals surface area contributed by atoms with Crippen LogP contribution in [-0.2, 0) is 14.6 Å². The number of carbonyl (C=O) groups excluding carboxylic acids is 1. The molecule has 20 heavy (non-hydrogen) atoms. The molecule has 0 saturated heterocycles. The maximum absolute atomic E-state index is 12.1. The van der Waals surface area contributed by atoms with Crippen LogP contribution in [-0.4, -0.2) is 20.6 Å². The largest absolute Gasteiger partial charge is 0.324 e. The molecular formula is C14H16ClNO3S.